The van der Waals surface area contributed by atoms with Crippen molar-refractivity contribution in [1.29, 1.82) is 5.41 Å². The topological polar surface area (TPSA) is 48.6 Å². The van der Waals surface area contributed by atoms with Crippen molar-refractivity contribution in [2.45, 2.75) is 13.8 Å². The lowest BCUT2D eigenvalue weighted by Gasteiger charge is -2.04. The maximum atomic E-state index is 7.54. The average molecular weight is 161 g/mol. The fourth-order valence-electron chi connectivity index (χ4n) is 0.946. The van der Waals surface area contributed by atoms with E-state index in [1.165, 1.54) is 0 Å². The second-order valence-electron chi connectivity index (χ2n) is 2.39. The molecule has 3 nitrogen and oxygen atoms in total. The second kappa shape index (κ2) is 3.76. The molecule has 0 fully saturated rings. The normalized spacial score (nSPS) is 20.7. The molecule has 1 aliphatic rings. The SMILES string of the molecule is C/C=N\C(C)=C1\C=NC=CC1=N. The summed E-state index contributed by atoms with van der Waals surface area (Å²) in [6.45, 7) is 3.72. The van der Waals surface area contributed by atoms with Gasteiger partial charge in [-0.15, -0.1) is 0 Å². The number of hydrogen-bond donors (Lipinski definition) is 1. The summed E-state index contributed by atoms with van der Waals surface area (Å²) < 4.78 is 0. The van der Waals surface area contributed by atoms with E-state index in [0.717, 1.165) is 11.3 Å². The molecule has 1 heterocycles. The van der Waals surface area contributed by atoms with Gasteiger partial charge in [-0.2, -0.15) is 0 Å². The molecule has 1 rings (SSSR count). The lowest BCUT2D eigenvalue weighted by molar-refractivity contribution is 1.29. The summed E-state index contributed by atoms with van der Waals surface area (Å²) in [6, 6.07) is 0. The number of aliphatic imine (C=N–C) groups is 2. The molecule has 1 N–H and O–H groups in total. The minimum Gasteiger partial charge on any atom is -0.300 e. The predicted molar refractivity (Wildman–Crippen MR) is 52.2 cm³/mol. The third-order valence-electron chi connectivity index (χ3n) is 1.53. The van der Waals surface area contributed by atoms with E-state index in [0.29, 0.717) is 5.71 Å². The molecule has 0 bridgehead atoms. The van der Waals surface area contributed by atoms with Gasteiger partial charge in [0.15, 0.2) is 0 Å². The van der Waals surface area contributed by atoms with Crippen molar-refractivity contribution >= 4 is 18.1 Å². The number of nitrogens with zero attached hydrogens (tertiary/aromatic N) is 2. The van der Waals surface area contributed by atoms with Gasteiger partial charge in [-0.05, 0) is 19.9 Å². The Balaban J connectivity index is 3.02. The highest BCUT2D eigenvalue weighted by atomic mass is 14.7. The van der Waals surface area contributed by atoms with E-state index in [2.05, 4.69) is 9.98 Å². The third kappa shape index (κ3) is 1.75. The third-order valence-corrected chi connectivity index (χ3v) is 1.53. The van der Waals surface area contributed by atoms with Crippen LogP contribution in [0.25, 0.3) is 0 Å². The molecule has 62 valence electrons. The highest BCUT2D eigenvalue weighted by molar-refractivity contribution is 6.21. The molecule has 0 aromatic heterocycles. The van der Waals surface area contributed by atoms with Crippen LogP contribution >= 0.6 is 0 Å². The zero-order chi connectivity index (χ0) is 8.97. The van der Waals surface area contributed by atoms with E-state index >= 15 is 0 Å². The molecular formula is C9H11N3. The summed E-state index contributed by atoms with van der Waals surface area (Å²) >= 11 is 0. The van der Waals surface area contributed by atoms with Crippen LogP contribution in [-0.2, 0) is 0 Å². The molecule has 0 atom stereocenters. The van der Waals surface area contributed by atoms with Gasteiger partial charge in [-0.1, -0.05) is 0 Å². The summed E-state index contributed by atoms with van der Waals surface area (Å²) in [5.74, 6) is 0. The van der Waals surface area contributed by atoms with Crippen molar-refractivity contribution in [1.82, 2.24) is 0 Å². The van der Waals surface area contributed by atoms with Crippen LogP contribution in [-0.4, -0.2) is 18.1 Å². The molecular weight excluding hydrogens is 150 g/mol. The van der Waals surface area contributed by atoms with Crippen LogP contribution < -0.4 is 0 Å². The van der Waals surface area contributed by atoms with Crippen LogP contribution in [0.4, 0.5) is 0 Å². The van der Waals surface area contributed by atoms with Gasteiger partial charge in [0, 0.05) is 29.9 Å². The number of hydrogen-bond acceptors (Lipinski definition) is 3. The monoisotopic (exact) mass is 161 g/mol. The average Bonchev–Trinajstić information content (AvgIpc) is 2.05. The van der Waals surface area contributed by atoms with E-state index in [4.69, 9.17) is 5.41 Å². The second-order valence-corrected chi connectivity index (χ2v) is 2.39. The van der Waals surface area contributed by atoms with E-state index in [1.807, 2.05) is 13.8 Å². The van der Waals surface area contributed by atoms with Crippen molar-refractivity contribution in [3.05, 3.63) is 23.5 Å². The Labute approximate surface area is 71.7 Å². The van der Waals surface area contributed by atoms with E-state index < -0.39 is 0 Å². The lowest BCUT2D eigenvalue weighted by atomic mass is 10.1. The van der Waals surface area contributed by atoms with E-state index in [9.17, 15) is 0 Å². The van der Waals surface area contributed by atoms with Crippen LogP contribution in [0.3, 0.4) is 0 Å². The van der Waals surface area contributed by atoms with Crippen LogP contribution in [0.1, 0.15) is 13.8 Å². The molecule has 0 aliphatic carbocycles. The highest BCUT2D eigenvalue weighted by Gasteiger charge is 2.05. The van der Waals surface area contributed by atoms with Gasteiger partial charge in [0.05, 0.1) is 5.71 Å². The minimum atomic E-state index is 0.466. The van der Waals surface area contributed by atoms with Crippen molar-refractivity contribution in [3.8, 4) is 0 Å². The molecule has 0 aromatic rings. The van der Waals surface area contributed by atoms with Crippen molar-refractivity contribution in [2.75, 3.05) is 0 Å². The molecule has 12 heavy (non-hydrogen) atoms. The van der Waals surface area contributed by atoms with Crippen LogP contribution in [0, 0.1) is 5.41 Å². The Morgan fingerprint density at radius 3 is 3.00 bits per heavy atom. The first-order valence-corrected chi connectivity index (χ1v) is 3.74. The molecule has 3 heteroatoms. The summed E-state index contributed by atoms with van der Waals surface area (Å²) in [4.78, 5) is 8.02. The molecule has 0 spiro atoms. The van der Waals surface area contributed by atoms with E-state index in [-0.39, 0.29) is 0 Å². The fourth-order valence-corrected chi connectivity index (χ4v) is 0.946. The Hall–Kier alpha value is -1.51. The van der Waals surface area contributed by atoms with Gasteiger partial charge >= 0.3 is 0 Å². The Morgan fingerprint density at radius 1 is 1.67 bits per heavy atom. The van der Waals surface area contributed by atoms with Crippen LogP contribution in [0.5, 0.6) is 0 Å². The smallest absolute Gasteiger partial charge is 0.0661 e. The zero-order valence-corrected chi connectivity index (χ0v) is 7.20. The van der Waals surface area contributed by atoms with Gasteiger partial charge < -0.3 is 5.41 Å². The molecule has 0 radical (unpaired) electrons. The molecule has 0 aromatic carbocycles. The molecule has 0 amide bonds. The van der Waals surface area contributed by atoms with Gasteiger partial charge in [0.25, 0.3) is 0 Å². The molecule has 0 unspecified atom stereocenters. The first kappa shape index (κ1) is 8.59. The lowest BCUT2D eigenvalue weighted by Crippen LogP contribution is -2.04. The first-order valence-electron chi connectivity index (χ1n) is 3.74. The molecule has 0 saturated heterocycles. The van der Waals surface area contributed by atoms with Gasteiger partial charge in [-0.3, -0.25) is 9.98 Å². The standard InChI is InChI=1S/C9H11N3/c1-3-12-7(2)8-6-11-5-4-9(8)10/h3-6,10H,1-2H3/b8-7-,10-9?,12-3-. The van der Waals surface area contributed by atoms with Gasteiger partial charge in [0.2, 0.25) is 0 Å². The Kier molecular flexibility index (Phi) is 2.69. The number of rotatable bonds is 1. The van der Waals surface area contributed by atoms with Crippen LogP contribution in [0.2, 0.25) is 0 Å². The Morgan fingerprint density at radius 2 is 2.42 bits per heavy atom. The fraction of sp³-hybridized carbons (Fsp3) is 0.222. The molecule has 1 aliphatic heterocycles. The van der Waals surface area contributed by atoms with Crippen LogP contribution in [0.15, 0.2) is 33.5 Å². The maximum absolute atomic E-state index is 7.54. The Bertz CT molecular complexity index is 306. The predicted octanol–water partition coefficient (Wildman–Crippen LogP) is 1.97. The summed E-state index contributed by atoms with van der Waals surface area (Å²) in [5, 5.41) is 7.54. The van der Waals surface area contributed by atoms with Gasteiger partial charge in [-0.25, -0.2) is 0 Å². The zero-order valence-electron chi connectivity index (χ0n) is 7.20. The highest BCUT2D eigenvalue weighted by Crippen LogP contribution is 2.08. The molecule has 0 saturated carbocycles. The summed E-state index contributed by atoms with van der Waals surface area (Å²) in [7, 11) is 0. The van der Waals surface area contributed by atoms with Crippen molar-refractivity contribution in [3.63, 3.8) is 0 Å². The van der Waals surface area contributed by atoms with E-state index in [1.54, 1.807) is 24.7 Å². The first-order chi connectivity index (χ1) is 5.75. The number of allylic oxidation sites excluding steroid dienone is 3. The maximum Gasteiger partial charge on any atom is 0.0661 e. The quantitative estimate of drug-likeness (QED) is 0.571. The van der Waals surface area contributed by atoms with Crippen molar-refractivity contribution in [2.24, 2.45) is 9.98 Å². The largest absolute Gasteiger partial charge is 0.300 e. The summed E-state index contributed by atoms with van der Waals surface area (Å²) in [5.41, 5.74) is 2.08. The minimum absolute atomic E-state index is 0.466. The number of nitrogens with one attached hydrogen (secondary N) is 1. The van der Waals surface area contributed by atoms with Gasteiger partial charge in [0.1, 0.15) is 0 Å². The van der Waals surface area contributed by atoms with Crippen molar-refractivity contribution < 1.29 is 0 Å². The summed E-state index contributed by atoms with van der Waals surface area (Å²) in [6.07, 6.45) is 6.63.